The van der Waals surface area contributed by atoms with E-state index < -0.39 is 51.5 Å². The zero-order valence-corrected chi connectivity index (χ0v) is 16.9. The second kappa shape index (κ2) is 8.83. The molecule has 0 aliphatic carbocycles. The van der Waals surface area contributed by atoms with Crippen molar-refractivity contribution in [2.75, 3.05) is 19.6 Å². The van der Waals surface area contributed by atoms with Gasteiger partial charge in [-0.25, -0.2) is 18.6 Å². The van der Waals surface area contributed by atoms with E-state index in [2.05, 4.69) is 15.6 Å². The lowest BCUT2D eigenvalue weighted by Gasteiger charge is -2.29. The number of hydrogen-bond acceptors (Lipinski definition) is 3. The highest BCUT2D eigenvalue weighted by atomic mass is 35.5. The zero-order chi connectivity index (χ0) is 22.9. The summed E-state index contributed by atoms with van der Waals surface area (Å²) in [6.45, 7) is 0.0432. The molecule has 1 atom stereocenters. The first-order chi connectivity index (χ1) is 14.5. The number of piperazine rings is 1. The van der Waals surface area contributed by atoms with Crippen molar-refractivity contribution in [1.29, 1.82) is 0 Å². The van der Waals surface area contributed by atoms with Crippen molar-refractivity contribution in [1.82, 2.24) is 20.5 Å². The summed E-state index contributed by atoms with van der Waals surface area (Å²) in [5, 5.41) is 3.30. The van der Waals surface area contributed by atoms with Crippen LogP contribution in [0.5, 0.6) is 0 Å². The fraction of sp³-hybridized carbons (Fsp3) is 0.278. The van der Waals surface area contributed by atoms with Gasteiger partial charge in [-0.3, -0.25) is 4.79 Å². The SMILES string of the molecule is O=C1CN(C(=O)N[C@@H](c2cnc(C(F)(F)F)c(Cl)c2)c2ccc(F)c(Cl)c2F)CCN1. The van der Waals surface area contributed by atoms with Crippen LogP contribution in [0.25, 0.3) is 0 Å². The van der Waals surface area contributed by atoms with Crippen LogP contribution in [0.3, 0.4) is 0 Å². The Balaban J connectivity index is 2.03. The molecule has 0 saturated carbocycles. The largest absolute Gasteiger partial charge is 0.434 e. The van der Waals surface area contributed by atoms with Gasteiger partial charge in [-0.05, 0) is 17.7 Å². The van der Waals surface area contributed by atoms with Crippen LogP contribution in [0.4, 0.5) is 26.7 Å². The van der Waals surface area contributed by atoms with E-state index in [0.29, 0.717) is 0 Å². The zero-order valence-electron chi connectivity index (χ0n) is 15.4. The third kappa shape index (κ3) is 4.99. The van der Waals surface area contributed by atoms with Crippen molar-refractivity contribution >= 4 is 35.1 Å². The predicted molar refractivity (Wildman–Crippen MR) is 101 cm³/mol. The molecule has 13 heteroatoms. The lowest BCUT2D eigenvalue weighted by Crippen LogP contribution is -2.53. The van der Waals surface area contributed by atoms with E-state index in [1.54, 1.807) is 0 Å². The minimum absolute atomic E-state index is 0.116. The van der Waals surface area contributed by atoms with Gasteiger partial charge >= 0.3 is 12.2 Å². The van der Waals surface area contributed by atoms with Crippen LogP contribution in [-0.4, -0.2) is 41.5 Å². The van der Waals surface area contributed by atoms with Crippen LogP contribution in [0.1, 0.15) is 22.9 Å². The van der Waals surface area contributed by atoms with E-state index in [0.717, 1.165) is 29.3 Å². The maximum atomic E-state index is 14.7. The first-order valence-electron chi connectivity index (χ1n) is 8.67. The molecule has 0 bridgehead atoms. The quantitative estimate of drug-likeness (QED) is 0.514. The monoisotopic (exact) mass is 482 g/mol. The summed E-state index contributed by atoms with van der Waals surface area (Å²) in [7, 11) is 0. The number of halogens is 7. The number of aromatic nitrogens is 1. The molecule has 1 fully saturated rings. The summed E-state index contributed by atoms with van der Waals surface area (Å²) in [4.78, 5) is 28.6. The topological polar surface area (TPSA) is 74.3 Å². The number of carbonyl (C=O) groups excluding carboxylic acids is 2. The van der Waals surface area contributed by atoms with Gasteiger partial charge in [-0.2, -0.15) is 13.2 Å². The van der Waals surface area contributed by atoms with Gasteiger partial charge in [-0.15, -0.1) is 0 Å². The molecule has 1 aromatic carbocycles. The molecule has 31 heavy (non-hydrogen) atoms. The smallest absolute Gasteiger partial charge is 0.353 e. The molecule has 1 aliphatic rings. The molecule has 0 unspecified atom stereocenters. The maximum absolute atomic E-state index is 14.7. The number of nitrogens with zero attached hydrogens (tertiary/aromatic N) is 2. The lowest BCUT2D eigenvalue weighted by atomic mass is 9.99. The van der Waals surface area contributed by atoms with Crippen molar-refractivity contribution in [2.45, 2.75) is 12.2 Å². The molecule has 3 rings (SSSR count). The average Bonchev–Trinajstić information content (AvgIpc) is 2.69. The Morgan fingerprint density at radius 1 is 1.26 bits per heavy atom. The van der Waals surface area contributed by atoms with Gasteiger partial charge in [0.15, 0.2) is 5.69 Å². The first-order valence-corrected chi connectivity index (χ1v) is 9.42. The van der Waals surface area contributed by atoms with Gasteiger partial charge in [0.2, 0.25) is 5.91 Å². The van der Waals surface area contributed by atoms with E-state index >= 15 is 0 Å². The van der Waals surface area contributed by atoms with Gasteiger partial charge in [0.25, 0.3) is 0 Å². The fourth-order valence-corrected chi connectivity index (χ4v) is 3.40. The Labute approximate surface area is 182 Å². The summed E-state index contributed by atoms with van der Waals surface area (Å²) in [5.41, 5.74) is -1.82. The van der Waals surface area contributed by atoms with Crippen LogP contribution in [-0.2, 0) is 11.0 Å². The minimum atomic E-state index is -4.83. The van der Waals surface area contributed by atoms with Crippen molar-refractivity contribution < 1.29 is 31.5 Å². The molecule has 2 aromatic rings. The molecule has 1 saturated heterocycles. The van der Waals surface area contributed by atoms with Gasteiger partial charge in [-0.1, -0.05) is 29.3 Å². The molecule has 1 aromatic heterocycles. The molecule has 0 radical (unpaired) electrons. The van der Waals surface area contributed by atoms with Gasteiger partial charge in [0.05, 0.1) is 11.1 Å². The Kier molecular flexibility index (Phi) is 6.56. The lowest BCUT2D eigenvalue weighted by molar-refractivity contribution is -0.141. The Morgan fingerprint density at radius 2 is 1.97 bits per heavy atom. The van der Waals surface area contributed by atoms with Crippen molar-refractivity contribution in [3.8, 4) is 0 Å². The standard InChI is InChI=1S/C18H13Cl2F5N4O2/c19-10-5-8(6-27-16(10)18(23,24)25)15(9-1-2-11(21)13(20)14(9)22)28-17(31)29-4-3-26-12(30)7-29/h1-2,5-6,15H,3-4,7H2,(H,26,30)(H,28,31)/t15-/m0/s1. The molecule has 6 nitrogen and oxygen atoms in total. The summed E-state index contributed by atoms with van der Waals surface area (Å²) in [5.74, 6) is -2.71. The van der Waals surface area contributed by atoms with Gasteiger partial charge in [0, 0.05) is 24.8 Å². The third-order valence-electron chi connectivity index (χ3n) is 4.43. The predicted octanol–water partition coefficient (Wildman–Crippen LogP) is 3.92. The van der Waals surface area contributed by atoms with Gasteiger partial charge in [0.1, 0.15) is 23.2 Å². The Morgan fingerprint density at radius 3 is 2.58 bits per heavy atom. The Bertz CT molecular complexity index is 1030. The van der Waals surface area contributed by atoms with Crippen molar-refractivity contribution in [2.24, 2.45) is 0 Å². The van der Waals surface area contributed by atoms with E-state index in [1.807, 2.05) is 0 Å². The number of pyridine rings is 1. The highest BCUT2D eigenvalue weighted by Gasteiger charge is 2.36. The first kappa shape index (κ1) is 23.0. The number of alkyl halides is 3. The number of benzene rings is 1. The van der Waals surface area contributed by atoms with Crippen LogP contribution in [0, 0.1) is 11.6 Å². The van der Waals surface area contributed by atoms with Gasteiger partial charge < -0.3 is 15.5 Å². The van der Waals surface area contributed by atoms with Crippen LogP contribution in [0.15, 0.2) is 24.4 Å². The summed E-state index contributed by atoms with van der Waals surface area (Å²) in [6.07, 6.45) is -4.07. The molecule has 1 aliphatic heterocycles. The van der Waals surface area contributed by atoms with E-state index in [1.165, 1.54) is 0 Å². The molecule has 166 valence electrons. The third-order valence-corrected chi connectivity index (χ3v) is 5.07. The summed E-state index contributed by atoms with van der Waals surface area (Å²) in [6, 6.07) is 0.448. The van der Waals surface area contributed by atoms with Crippen LogP contribution < -0.4 is 10.6 Å². The second-order valence-corrected chi connectivity index (χ2v) is 7.30. The van der Waals surface area contributed by atoms with Crippen LogP contribution in [0.2, 0.25) is 10.0 Å². The molecule has 2 N–H and O–H groups in total. The molecular formula is C18H13Cl2F5N4O2. The van der Waals surface area contributed by atoms with Crippen LogP contribution >= 0.6 is 23.2 Å². The summed E-state index contributed by atoms with van der Waals surface area (Å²) >= 11 is 11.3. The molecular weight excluding hydrogens is 470 g/mol. The number of hydrogen-bond donors (Lipinski definition) is 2. The second-order valence-electron chi connectivity index (χ2n) is 6.52. The fourth-order valence-electron chi connectivity index (χ4n) is 2.95. The average molecular weight is 483 g/mol. The minimum Gasteiger partial charge on any atom is -0.353 e. The number of nitrogens with one attached hydrogen (secondary N) is 2. The summed E-state index contributed by atoms with van der Waals surface area (Å²) < 4.78 is 67.2. The van der Waals surface area contributed by atoms with Crippen molar-refractivity contribution in [3.63, 3.8) is 0 Å². The van der Waals surface area contributed by atoms with E-state index in [9.17, 15) is 31.5 Å². The maximum Gasteiger partial charge on any atom is 0.434 e. The molecule has 2 heterocycles. The Hall–Kier alpha value is -2.66. The number of urea groups is 1. The number of rotatable bonds is 3. The number of amides is 3. The van der Waals surface area contributed by atoms with Crippen molar-refractivity contribution in [3.05, 3.63) is 62.9 Å². The number of carbonyl (C=O) groups is 2. The van der Waals surface area contributed by atoms with E-state index in [-0.39, 0.29) is 30.8 Å². The normalized spacial score (nSPS) is 15.5. The molecule has 3 amide bonds. The highest BCUT2D eigenvalue weighted by Crippen LogP contribution is 2.36. The van der Waals surface area contributed by atoms with E-state index in [4.69, 9.17) is 23.2 Å². The molecule has 0 spiro atoms. The highest BCUT2D eigenvalue weighted by molar-refractivity contribution is 6.31.